The minimum Gasteiger partial charge on any atom is -0.332 e. The van der Waals surface area contributed by atoms with E-state index >= 15 is 0 Å². The Morgan fingerprint density at radius 1 is 1.28 bits per heavy atom. The van der Waals surface area contributed by atoms with Crippen molar-refractivity contribution >= 4 is 23.3 Å². The van der Waals surface area contributed by atoms with Gasteiger partial charge >= 0.3 is 0 Å². The summed E-state index contributed by atoms with van der Waals surface area (Å²) < 4.78 is 1.23. The topological polar surface area (TPSA) is 136 Å². The van der Waals surface area contributed by atoms with Gasteiger partial charge in [0.25, 0.3) is 11.6 Å². The van der Waals surface area contributed by atoms with Crippen molar-refractivity contribution in [3.05, 3.63) is 70.4 Å². The molecule has 2 heterocycles. The fraction of sp³-hybridized carbons (Fsp3) is 0.167. The average molecular weight is 395 g/mol. The number of carbonyl (C=O) groups excluding carboxylic acids is 2. The second-order valence-electron chi connectivity index (χ2n) is 6.23. The number of nitrogens with one attached hydrogen (secondary N) is 1. The summed E-state index contributed by atoms with van der Waals surface area (Å²) >= 11 is 0. The lowest BCUT2D eigenvalue weighted by Gasteiger charge is -2.17. The maximum absolute atomic E-state index is 12.6. The van der Waals surface area contributed by atoms with Crippen molar-refractivity contribution in [3.63, 3.8) is 0 Å². The van der Waals surface area contributed by atoms with Crippen LogP contribution in [-0.2, 0) is 4.79 Å². The molecule has 2 amide bonds. The Morgan fingerprint density at radius 2 is 2.07 bits per heavy atom. The molecular weight excluding hydrogens is 378 g/mol. The second-order valence-corrected chi connectivity index (χ2v) is 6.23. The van der Waals surface area contributed by atoms with Crippen LogP contribution in [0.5, 0.6) is 0 Å². The predicted octanol–water partition coefficient (Wildman–Crippen LogP) is 1.59. The van der Waals surface area contributed by atoms with Gasteiger partial charge in [-0.05, 0) is 36.8 Å². The normalized spacial score (nSPS) is 10.4. The van der Waals surface area contributed by atoms with E-state index in [0.29, 0.717) is 5.82 Å². The highest BCUT2D eigenvalue weighted by Crippen LogP contribution is 2.24. The summed E-state index contributed by atoms with van der Waals surface area (Å²) in [6.45, 7) is 1.62. The smallest absolute Gasteiger partial charge is 0.295 e. The number of hydrogen-bond acceptors (Lipinski definition) is 7. The summed E-state index contributed by atoms with van der Waals surface area (Å²) in [5.41, 5.74) is 0.877. The zero-order chi connectivity index (χ0) is 21.0. The Hall–Kier alpha value is -4.15. The van der Waals surface area contributed by atoms with Crippen LogP contribution in [0.2, 0.25) is 0 Å². The molecule has 2 aromatic heterocycles. The highest BCUT2D eigenvalue weighted by Gasteiger charge is 2.22. The zero-order valence-corrected chi connectivity index (χ0v) is 15.6. The molecule has 11 heteroatoms. The van der Waals surface area contributed by atoms with Crippen molar-refractivity contribution in [1.29, 1.82) is 0 Å². The molecule has 0 unspecified atom stereocenters. The largest absolute Gasteiger partial charge is 0.332 e. The summed E-state index contributed by atoms with van der Waals surface area (Å²) in [4.78, 5) is 44.6. The maximum atomic E-state index is 12.6. The van der Waals surface area contributed by atoms with Gasteiger partial charge in [0.05, 0.1) is 11.5 Å². The molecule has 1 aromatic carbocycles. The molecule has 0 radical (unpaired) electrons. The number of nitrogens with zero attached hydrogens (tertiary/aromatic N) is 6. The third-order valence-electron chi connectivity index (χ3n) is 4.00. The number of nitro groups is 1. The van der Waals surface area contributed by atoms with Crippen LogP contribution in [0.4, 0.5) is 11.5 Å². The van der Waals surface area contributed by atoms with Crippen LogP contribution < -0.4 is 5.32 Å². The standard InChI is InChI=1S/C18H17N7O4/c1-12-5-6-20-16(7-12)22-17(26)9-23(2)18(27)13-3-4-14(15(8-13)25(28)29)24-11-19-10-21-24/h3-8,10-11H,9H2,1-2H3,(H,20,22,26). The first-order valence-electron chi connectivity index (χ1n) is 8.46. The molecule has 11 nitrogen and oxygen atoms in total. The first kappa shape index (κ1) is 19.6. The number of hydrogen-bond donors (Lipinski definition) is 1. The fourth-order valence-electron chi connectivity index (χ4n) is 2.62. The molecule has 3 rings (SSSR count). The summed E-state index contributed by atoms with van der Waals surface area (Å²) in [5, 5.41) is 17.9. The fourth-order valence-corrected chi connectivity index (χ4v) is 2.62. The van der Waals surface area contributed by atoms with Gasteiger partial charge in [0.1, 0.15) is 24.2 Å². The number of nitro benzene ring substituents is 1. The van der Waals surface area contributed by atoms with Gasteiger partial charge in [-0.1, -0.05) is 0 Å². The molecule has 0 atom stereocenters. The van der Waals surface area contributed by atoms with E-state index < -0.39 is 16.7 Å². The predicted molar refractivity (Wildman–Crippen MR) is 103 cm³/mol. The van der Waals surface area contributed by atoms with Gasteiger partial charge in [-0.2, -0.15) is 5.10 Å². The molecule has 0 saturated heterocycles. The molecule has 0 bridgehead atoms. The van der Waals surface area contributed by atoms with E-state index in [0.717, 1.165) is 11.6 Å². The van der Waals surface area contributed by atoms with Gasteiger partial charge in [-0.15, -0.1) is 0 Å². The van der Waals surface area contributed by atoms with E-state index in [1.807, 2.05) is 6.92 Å². The number of likely N-dealkylation sites (N-methyl/N-ethyl adjacent to an activating group) is 1. The monoisotopic (exact) mass is 395 g/mol. The van der Waals surface area contributed by atoms with Crippen molar-refractivity contribution in [2.24, 2.45) is 0 Å². The summed E-state index contributed by atoms with van der Waals surface area (Å²) in [6, 6.07) is 7.48. The Labute approximate surface area is 165 Å². The summed E-state index contributed by atoms with van der Waals surface area (Å²) in [7, 11) is 1.43. The zero-order valence-electron chi connectivity index (χ0n) is 15.6. The Morgan fingerprint density at radius 3 is 2.72 bits per heavy atom. The van der Waals surface area contributed by atoms with Crippen LogP contribution in [0, 0.1) is 17.0 Å². The number of carbonyl (C=O) groups is 2. The Balaban J connectivity index is 1.74. The number of aromatic nitrogens is 4. The first-order chi connectivity index (χ1) is 13.8. The van der Waals surface area contributed by atoms with Crippen molar-refractivity contribution in [2.45, 2.75) is 6.92 Å². The molecule has 0 aliphatic carbocycles. The van der Waals surface area contributed by atoms with Crippen molar-refractivity contribution in [2.75, 3.05) is 18.9 Å². The van der Waals surface area contributed by atoms with E-state index in [2.05, 4.69) is 20.4 Å². The summed E-state index contributed by atoms with van der Waals surface area (Å²) in [5.74, 6) is -0.595. The highest BCUT2D eigenvalue weighted by atomic mass is 16.6. The van der Waals surface area contributed by atoms with E-state index in [-0.39, 0.29) is 23.5 Å². The SMILES string of the molecule is Cc1ccnc(NC(=O)CN(C)C(=O)c2ccc(-n3cncn3)c([N+](=O)[O-])c2)c1. The van der Waals surface area contributed by atoms with E-state index in [4.69, 9.17) is 0 Å². The van der Waals surface area contributed by atoms with Crippen LogP contribution in [0.3, 0.4) is 0 Å². The molecule has 148 valence electrons. The minimum atomic E-state index is -0.607. The van der Waals surface area contributed by atoms with Gasteiger partial charge in [-0.25, -0.2) is 14.6 Å². The van der Waals surface area contributed by atoms with E-state index in [9.17, 15) is 19.7 Å². The van der Waals surface area contributed by atoms with Crippen molar-refractivity contribution < 1.29 is 14.5 Å². The van der Waals surface area contributed by atoms with Crippen molar-refractivity contribution in [3.8, 4) is 5.69 Å². The molecule has 0 saturated carbocycles. The molecule has 3 aromatic rings. The second kappa shape index (κ2) is 8.25. The highest BCUT2D eigenvalue weighted by molar-refractivity contribution is 5.99. The van der Waals surface area contributed by atoms with E-state index in [1.165, 1.54) is 41.4 Å². The lowest BCUT2D eigenvalue weighted by molar-refractivity contribution is -0.384. The van der Waals surface area contributed by atoms with Crippen molar-refractivity contribution in [1.82, 2.24) is 24.6 Å². The summed E-state index contributed by atoms with van der Waals surface area (Å²) in [6.07, 6.45) is 4.13. The molecule has 29 heavy (non-hydrogen) atoms. The maximum Gasteiger partial charge on any atom is 0.295 e. The molecule has 0 fully saturated rings. The van der Waals surface area contributed by atoms with Gasteiger partial charge in [0.15, 0.2) is 0 Å². The average Bonchev–Trinajstić information content (AvgIpc) is 3.21. The lowest BCUT2D eigenvalue weighted by Crippen LogP contribution is -2.35. The quantitative estimate of drug-likeness (QED) is 0.494. The van der Waals surface area contributed by atoms with Gasteiger partial charge in [0, 0.05) is 24.9 Å². The third kappa shape index (κ3) is 4.58. The van der Waals surface area contributed by atoms with Gasteiger partial charge < -0.3 is 10.2 Å². The van der Waals surface area contributed by atoms with Crippen LogP contribution >= 0.6 is 0 Å². The van der Waals surface area contributed by atoms with Crippen LogP contribution in [0.15, 0.2) is 49.2 Å². The number of pyridine rings is 1. The Bertz CT molecular complexity index is 1070. The molecule has 0 aliphatic rings. The van der Waals surface area contributed by atoms with Gasteiger partial charge in [0.2, 0.25) is 5.91 Å². The van der Waals surface area contributed by atoms with E-state index in [1.54, 1.807) is 18.3 Å². The van der Waals surface area contributed by atoms with Crippen LogP contribution in [0.25, 0.3) is 5.69 Å². The third-order valence-corrected chi connectivity index (χ3v) is 4.00. The lowest BCUT2D eigenvalue weighted by atomic mass is 10.1. The minimum absolute atomic E-state index is 0.0737. The first-order valence-corrected chi connectivity index (χ1v) is 8.46. The molecular formula is C18H17N7O4. The van der Waals surface area contributed by atoms with Crippen LogP contribution in [-0.4, -0.2) is 55.0 Å². The molecule has 0 spiro atoms. The Kier molecular flexibility index (Phi) is 5.58. The number of anilines is 1. The molecule has 0 aliphatic heterocycles. The number of rotatable bonds is 6. The van der Waals surface area contributed by atoms with Crippen LogP contribution in [0.1, 0.15) is 15.9 Å². The molecule has 1 N–H and O–H groups in total. The number of amides is 2. The number of aryl methyl sites for hydroxylation is 1. The number of benzene rings is 1. The van der Waals surface area contributed by atoms with Gasteiger partial charge in [-0.3, -0.25) is 19.7 Å².